The van der Waals surface area contributed by atoms with Gasteiger partial charge in [-0.1, -0.05) is 43.5 Å². The van der Waals surface area contributed by atoms with E-state index in [0.717, 1.165) is 89.1 Å². The fourth-order valence-corrected chi connectivity index (χ4v) is 8.46. The third-order valence-corrected chi connectivity index (χ3v) is 11.8. The Labute approximate surface area is 348 Å². The lowest BCUT2D eigenvalue weighted by Crippen LogP contribution is -2.54. The predicted octanol–water partition coefficient (Wildman–Crippen LogP) is 6.42. The van der Waals surface area contributed by atoms with E-state index in [0.29, 0.717) is 43.2 Å². The average Bonchev–Trinajstić information content (AvgIpc) is 3.81. The number of piperidine rings is 1. The number of hydrogen-bond acceptors (Lipinski definition) is 10. The lowest BCUT2D eigenvalue weighted by molar-refractivity contribution is -0.136. The maximum absolute atomic E-state index is 13.3. The summed E-state index contributed by atoms with van der Waals surface area (Å²) < 4.78 is 10.9. The minimum atomic E-state index is -0.992. The van der Waals surface area contributed by atoms with Crippen LogP contribution in [0.1, 0.15) is 72.1 Å². The van der Waals surface area contributed by atoms with Crippen LogP contribution in [-0.4, -0.2) is 102 Å². The van der Waals surface area contributed by atoms with Crippen LogP contribution in [0.25, 0.3) is 33.3 Å². The lowest BCUT2D eigenvalue weighted by Gasteiger charge is -2.36. The number of carbonyl (C=O) groups excluding carboxylic acids is 5. The van der Waals surface area contributed by atoms with Crippen LogP contribution in [0.3, 0.4) is 0 Å². The first-order chi connectivity index (χ1) is 29.2. The molecule has 2 saturated heterocycles. The van der Waals surface area contributed by atoms with Crippen molar-refractivity contribution < 1.29 is 33.4 Å². The molecule has 0 spiro atoms. The molecule has 2 aromatic heterocycles. The van der Waals surface area contributed by atoms with Crippen LogP contribution in [0.4, 0.5) is 11.4 Å². The molecule has 8 rings (SSSR count). The zero-order chi connectivity index (χ0) is 41.8. The number of fused-ring (bicyclic) bond motifs is 2. The molecule has 14 heteroatoms. The van der Waals surface area contributed by atoms with Gasteiger partial charge < -0.3 is 29.6 Å². The number of pyridine rings is 1. The van der Waals surface area contributed by atoms with Gasteiger partial charge in [-0.15, -0.1) is 0 Å². The largest absolute Gasteiger partial charge is 0.493 e. The number of imide groups is 2. The highest BCUT2D eigenvalue weighted by molar-refractivity contribution is 6.25. The van der Waals surface area contributed by atoms with Gasteiger partial charge in [-0.2, -0.15) is 0 Å². The number of benzene rings is 3. The van der Waals surface area contributed by atoms with Crippen LogP contribution in [-0.2, 0) is 14.4 Å². The van der Waals surface area contributed by atoms with E-state index in [1.807, 2.05) is 35.5 Å². The standard InChI is InChI=1S/C46H49N7O7/c1-59-38-18-14-30(26-39(38)60-2)35-28-49-43-34(35)25-31(27-48-43)29-12-15-32(16-13-29)51-21-23-52(24-22-51)41(55)11-6-4-3-5-7-20-47-36-10-8-9-33-42(36)46(58)53(45(33)57)37-17-19-40(54)50-44(37)56/h8-10,12-16,18,25-28,37,47H,3-7,11,17,19-24H2,1-2H3,(H,48,49)(H,50,54,56). The SMILES string of the molecule is COc1ccc(-c2c[nH]c3ncc(-c4ccc(N5CCN(C(=O)CCCCCCCNc6cccc7c6C(=O)N(C6CCC(=O)NC6=O)C7=O)CC5)cc4)cc23)cc1OC. The first kappa shape index (κ1) is 40.1. The number of amides is 5. The second kappa shape index (κ2) is 17.7. The second-order valence-corrected chi connectivity index (χ2v) is 15.4. The summed E-state index contributed by atoms with van der Waals surface area (Å²) in [5.74, 6) is -0.503. The number of ether oxygens (including phenoxy) is 2. The summed E-state index contributed by atoms with van der Waals surface area (Å²) in [4.78, 5) is 76.8. The molecule has 3 aliphatic rings. The quantitative estimate of drug-likeness (QED) is 0.0794. The van der Waals surface area contributed by atoms with E-state index in [4.69, 9.17) is 14.5 Å². The molecule has 0 bridgehead atoms. The van der Waals surface area contributed by atoms with E-state index >= 15 is 0 Å². The van der Waals surface area contributed by atoms with Crippen LogP contribution in [0.2, 0.25) is 0 Å². The minimum absolute atomic E-state index is 0.0796. The monoisotopic (exact) mass is 811 g/mol. The van der Waals surface area contributed by atoms with E-state index in [1.165, 1.54) is 0 Å². The lowest BCUT2D eigenvalue weighted by atomic mass is 10.0. The van der Waals surface area contributed by atoms with Crippen LogP contribution in [0.15, 0.2) is 79.1 Å². The highest BCUT2D eigenvalue weighted by atomic mass is 16.5. The number of H-pyrrole nitrogens is 1. The van der Waals surface area contributed by atoms with Gasteiger partial charge in [0.05, 0.1) is 25.3 Å². The van der Waals surface area contributed by atoms with Gasteiger partial charge in [-0.05, 0) is 72.9 Å². The fourth-order valence-electron chi connectivity index (χ4n) is 8.46. The van der Waals surface area contributed by atoms with Gasteiger partial charge >= 0.3 is 0 Å². The van der Waals surface area contributed by atoms with Gasteiger partial charge in [0, 0.05) is 85.8 Å². The van der Waals surface area contributed by atoms with Gasteiger partial charge in [0.25, 0.3) is 11.8 Å². The molecule has 5 heterocycles. The Morgan fingerprint density at radius 3 is 2.32 bits per heavy atom. The number of hydrogen-bond donors (Lipinski definition) is 3. The number of piperazine rings is 1. The average molecular weight is 812 g/mol. The normalized spacial score (nSPS) is 16.6. The molecular weight excluding hydrogens is 763 g/mol. The first-order valence-electron chi connectivity index (χ1n) is 20.6. The number of aromatic amines is 1. The van der Waals surface area contributed by atoms with Gasteiger partial charge in [0.15, 0.2) is 11.5 Å². The minimum Gasteiger partial charge on any atom is -0.493 e. The van der Waals surface area contributed by atoms with Crippen molar-refractivity contribution in [3.05, 3.63) is 90.3 Å². The number of carbonyl (C=O) groups is 5. The molecule has 60 heavy (non-hydrogen) atoms. The Morgan fingerprint density at radius 1 is 0.800 bits per heavy atom. The molecule has 3 aromatic carbocycles. The zero-order valence-electron chi connectivity index (χ0n) is 33.9. The Kier molecular flexibility index (Phi) is 11.8. The molecule has 3 aliphatic heterocycles. The fraction of sp³-hybridized carbons (Fsp3) is 0.348. The highest BCUT2D eigenvalue weighted by Crippen LogP contribution is 2.37. The van der Waals surface area contributed by atoms with Crippen molar-refractivity contribution in [2.75, 3.05) is 57.2 Å². The van der Waals surface area contributed by atoms with Crippen molar-refractivity contribution in [1.82, 2.24) is 25.1 Å². The molecule has 1 unspecified atom stereocenters. The smallest absolute Gasteiger partial charge is 0.264 e. The molecule has 0 aliphatic carbocycles. The van der Waals surface area contributed by atoms with Crippen LogP contribution in [0, 0.1) is 0 Å². The van der Waals surface area contributed by atoms with Crippen molar-refractivity contribution in [3.8, 4) is 33.8 Å². The number of methoxy groups -OCH3 is 2. The van der Waals surface area contributed by atoms with Gasteiger partial charge in [0.2, 0.25) is 17.7 Å². The van der Waals surface area contributed by atoms with Crippen molar-refractivity contribution in [2.45, 2.75) is 57.4 Å². The van der Waals surface area contributed by atoms with Crippen molar-refractivity contribution in [3.63, 3.8) is 0 Å². The summed E-state index contributed by atoms with van der Waals surface area (Å²) in [5.41, 5.74) is 7.18. The molecule has 310 valence electrons. The van der Waals surface area contributed by atoms with Gasteiger partial charge in [-0.3, -0.25) is 34.2 Å². The Bertz CT molecular complexity index is 2440. The topological polar surface area (TPSA) is 166 Å². The second-order valence-electron chi connectivity index (χ2n) is 15.4. The molecular formula is C46H49N7O7. The number of nitrogens with one attached hydrogen (secondary N) is 3. The van der Waals surface area contributed by atoms with E-state index in [9.17, 15) is 24.0 Å². The number of aromatic nitrogens is 2. The predicted molar refractivity (Wildman–Crippen MR) is 228 cm³/mol. The Balaban J connectivity index is 0.751. The van der Waals surface area contributed by atoms with E-state index in [-0.39, 0.29) is 29.9 Å². The Hall–Kier alpha value is -6.70. The van der Waals surface area contributed by atoms with Crippen molar-refractivity contribution in [2.24, 2.45) is 0 Å². The van der Waals surface area contributed by atoms with Crippen LogP contribution >= 0.6 is 0 Å². The van der Waals surface area contributed by atoms with Gasteiger partial charge in [-0.25, -0.2) is 4.98 Å². The third kappa shape index (κ3) is 8.14. The molecule has 0 saturated carbocycles. The number of unbranched alkanes of at least 4 members (excludes halogenated alkanes) is 4. The summed E-state index contributed by atoms with van der Waals surface area (Å²) in [6.07, 6.45) is 9.20. The maximum Gasteiger partial charge on any atom is 0.264 e. The van der Waals surface area contributed by atoms with E-state index in [1.54, 1.807) is 32.4 Å². The summed E-state index contributed by atoms with van der Waals surface area (Å²) in [5, 5.41) is 6.55. The zero-order valence-corrected chi connectivity index (χ0v) is 33.9. The first-order valence-corrected chi connectivity index (χ1v) is 20.6. The van der Waals surface area contributed by atoms with Crippen LogP contribution < -0.4 is 25.0 Å². The highest BCUT2D eigenvalue weighted by Gasteiger charge is 2.45. The van der Waals surface area contributed by atoms with Crippen molar-refractivity contribution >= 4 is 51.9 Å². The number of anilines is 2. The molecule has 5 amide bonds. The summed E-state index contributed by atoms with van der Waals surface area (Å²) in [6, 6.07) is 20.7. The van der Waals surface area contributed by atoms with E-state index < -0.39 is 29.7 Å². The molecule has 1 atom stereocenters. The van der Waals surface area contributed by atoms with E-state index in [2.05, 4.69) is 50.8 Å². The summed E-state index contributed by atoms with van der Waals surface area (Å²) in [7, 11) is 3.26. The number of rotatable bonds is 15. The number of nitrogens with zero attached hydrogens (tertiary/aromatic N) is 4. The molecule has 2 fully saturated rings. The Morgan fingerprint density at radius 2 is 1.55 bits per heavy atom. The maximum atomic E-state index is 13.3. The molecule has 0 radical (unpaired) electrons. The molecule has 3 N–H and O–H groups in total. The van der Waals surface area contributed by atoms with Crippen LogP contribution in [0.5, 0.6) is 11.5 Å². The summed E-state index contributed by atoms with van der Waals surface area (Å²) >= 11 is 0. The third-order valence-electron chi connectivity index (χ3n) is 11.8. The molecule has 5 aromatic rings. The van der Waals surface area contributed by atoms with Crippen molar-refractivity contribution in [1.29, 1.82) is 0 Å². The molecule has 14 nitrogen and oxygen atoms in total. The summed E-state index contributed by atoms with van der Waals surface area (Å²) in [6.45, 7) is 3.57. The van der Waals surface area contributed by atoms with Gasteiger partial charge in [0.1, 0.15) is 11.7 Å².